The van der Waals surface area contributed by atoms with E-state index in [9.17, 15) is 5.11 Å². The number of rotatable bonds is 3. The molecule has 0 saturated carbocycles. The second-order valence-corrected chi connectivity index (χ2v) is 2.16. The van der Waals surface area contributed by atoms with Gasteiger partial charge in [0.2, 0.25) is 0 Å². The number of allylic oxidation sites excluding steroid dienone is 3. The maximum absolute atomic E-state index is 10.6. The molecule has 0 saturated heterocycles. The minimum atomic E-state index is -0.274. The zero-order chi connectivity index (χ0) is 7.98. The van der Waals surface area contributed by atoms with Crippen molar-refractivity contribution in [2.75, 3.05) is 6.61 Å². The van der Waals surface area contributed by atoms with Crippen molar-refractivity contribution in [3.8, 4) is 0 Å². The van der Waals surface area contributed by atoms with Crippen LogP contribution in [-0.4, -0.2) is 6.61 Å². The minimum absolute atomic E-state index is 0. The van der Waals surface area contributed by atoms with Crippen molar-refractivity contribution in [3.63, 3.8) is 0 Å². The van der Waals surface area contributed by atoms with Crippen LogP contribution in [0.1, 0.15) is 20.8 Å². The molecule has 0 fully saturated rings. The van der Waals surface area contributed by atoms with E-state index in [-0.39, 0.29) is 24.8 Å². The van der Waals surface area contributed by atoms with Crippen LogP contribution in [0.2, 0.25) is 0 Å². The molecule has 0 atom stereocenters. The van der Waals surface area contributed by atoms with Crippen LogP contribution in [0, 0.1) is 0 Å². The standard InChI is InChI=1S/C8H14O2.Li/c1-4-10-8(9)6-5-7(2)3;/h5-6,9H,4H2,1-3H3;/q;+1/p-1/b8-6+;. The molecule has 0 radical (unpaired) electrons. The Morgan fingerprint density at radius 1 is 1.36 bits per heavy atom. The quantitative estimate of drug-likeness (QED) is 0.268. The van der Waals surface area contributed by atoms with Gasteiger partial charge in [-0.25, -0.2) is 0 Å². The van der Waals surface area contributed by atoms with Crippen molar-refractivity contribution >= 4 is 0 Å². The van der Waals surface area contributed by atoms with E-state index in [1.165, 1.54) is 6.08 Å². The van der Waals surface area contributed by atoms with Gasteiger partial charge in [0, 0.05) is 0 Å². The molecule has 11 heavy (non-hydrogen) atoms. The second kappa shape index (κ2) is 7.78. The Morgan fingerprint density at radius 3 is 2.27 bits per heavy atom. The van der Waals surface area contributed by atoms with Gasteiger partial charge in [0.25, 0.3) is 0 Å². The summed E-state index contributed by atoms with van der Waals surface area (Å²) in [5.74, 6) is -0.274. The van der Waals surface area contributed by atoms with Gasteiger partial charge in [-0.05, 0) is 26.5 Å². The van der Waals surface area contributed by atoms with Gasteiger partial charge in [-0.3, -0.25) is 0 Å². The molecule has 0 aromatic heterocycles. The average Bonchev–Trinajstić information content (AvgIpc) is 1.85. The van der Waals surface area contributed by atoms with E-state index in [0.29, 0.717) is 6.61 Å². The molecule has 58 valence electrons. The number of ether oxygens (including phenoxy) is 1. The first-order valence-corrected chi connectivity index (χ1v) is 3.31. The van der Waals surface area contributed by atoms with E-state index in [0.717, 1.165) is 5.57 Å². The van der Waals surface area contributed by atoms with Crippen LogP contribution < -0.4 is 24.0 Å². The fourth-order valence-electron chi connectivity index (χ4n) is 0.425. The van der Waals surface area contributed by atoms with Gasteiger partial charge in [0.15, 0.2) is 0 Å². The Balaban J connectivity index is 0. The van der Waals surface area contributed by atoms with Crippen molar-refractivity contribution in [2.45, 2.75) is 20.8 Å². The minimum Gasteiger partial charge on any atom is -0.614 e. The van der Waals surface area contributed by atoms with E-state index in [2.05, 4.69) is 4.74 Å². The average molecular weight is 148 g/mol. The molecular formula is C8H13LiO2. The zero-order valence-corrected chi connectivity index (χ0v) is 7.68. The van der Waals surface area contributed by atoms with Crippen molar-refractivity contribution in [1.29, 1.82) is 0 Å². The van der Waals surface area contributed by atoms with E-state index in [1.807, 2.05) is 13.8 Å². The van der Waals surface area contributed by atoms with Crippen molar-refractivity contribution in [3.05, 3.63) is 23.7 Å². The Morgan fingerprint density at radius 2 is 1.91 bits per heavy atom. The first-order chi connectivity index (χ1) is 4.66. The molecular weight excluding hydrogens is 135 g/mol. The van der Waals surface area contributed by atoms with E-state index < -0.39 is 0 Å². The van der Waals surface area contributed by atoms with Crippen LogP contribution in [0.4, 0.5) is 0 Å². The maximum atomic E-state index is 10.6. The SMILES string of the molecule is CCO/C([O-])=C/C=C(C)C.[Li+]. The van der Waals surface area contributed by atoms with Gasteiger partial charge in [-0.1, -0.05) is 18.6 Å². The summed E-state index contributed by atoms with van der Waals surface area (Å²) in [5.41, 5.74) is 1.09. The molecule has 0 aromatic carbocycles. The van der Waals surface area contributed by atoms with Gasteiger partial charge in [-0.15, -0.1) is 0 Å². The summed E-state index contributed by atoms with van der Waals surface area (Å²) in [4.78, 5) is 0. The Hall–Kier alpha value is -0.323. The fourth-order valence-corrected chi connectivity index (χ4v) is 0.425. The zero-order valence-electron chi connectivity index (χ0n) is 7.68. The maximum Gasteiger partial charge on any atom is 1.00 e. The van der Waals surface area contributed by atoms with Crippen LogP contribution in [-0.2, 0) is 4.74 Å². The summed E-state index contributed by atoms with van der Waals surface area (Å²) < 4.78 is 4.65. The van der Waals surface area contributed by atoms with Gasteiger partial charge in [0.05, 0.1) is 5.95 Å². The van der Waals surface area contributed by atoms with Crippen LogP contribution in [0.25, 0.3) is 0 Å². The largest absolute Gasteiger partial charge is 1.00 e. The summed E-state index contributed by atoms with van der Waals surface area (Å²) in [6.07, 6.45) is 3.16. The summed E-state index contributed by atoms with van der Waals surface area (Å²) in [7, 11) is 0. The van der Waals surface area contributed by atoms with Crippen LogP contribution in [0.5, 0.6) is 0 Å². The van der Waals surface area contributed by atoms with Gasteiger partial charge >= 0.3 is 18.9 Å². The first kappa shape index (κ1) is 13.3. The summed E-state index contributed by atoms with van der Waals surface area (Å²) in [5, 5.41) is 10.6. The fraction of sp³-hybridized carbons (Fsp3) is 0.500. The summed E-state index contributed by atoms with van der Waals surface area (Å²) >= 11 is 0. The Kier molecular flexibility index (Phi) is 9.39. The first-order valence-electron chi connectivity index (χ1n) is 3.31. The molecule has 2 nitrogen and oxygen atoms in total. The normalized spacial score (nSPS) is 9.91. The smallest absolute Gasteiger partial charge is 0.614 e. The van der Waals surface area contributed by atoms with Gasteiger partial charge in [0.1, 0.15) is 0 Å². The van der Waals surface area contributed by atoms with Crippen molar-refractivity contribution < 1.29 is 28.7 Å². The Bertz CT molecular complexity index is 146. The van der Waals surface area contributed by atoms with E-state index in [4.69, 9.17) is 0 Å². The molecule has 0 unspecified atom stereocenters. The molecule has 3 heteroatoms. The van der Waals surface area contributed by atoms with Gasteiger partial charge < -0.3 is 9.84 Å². The Labute approximate surface area is 80.1 Å². The summed E-state index contributed by atoms with van der Waals surface area (Å²) in [6.45, 7) is 6.08. The number of hydrogen-bond acceptors (Lipinski definition) is 2. The predicted octanol–water partition coefficient (Wildman–Crippen LogP) is -1.81. The molecule has 0 aliphatic rings. The van der Waals surface area contributed by atoms with Crippen LogP contribution in [0.3, 0.4) is 0 Å². The predicted molar refractivity (Wildman–Crippen MR) is 39.1 cm³/mol. The van der Waals surface area contributed by atoms with E-state index >= 15 is 0 Å². The molecule has 0 aliphatic heterocycles. The molecule has 0 amide bonds. The third-order valence-electron chi connectivity index (χ3n) is 0.839. The third kappa shape index (κ3) is 9.68. The molecule has 0 N–H and O–H groups in total. The number of hydrogen-bond donors (Lipinski definition) is 0. The molecule has 0 heterocycles. The van der Waals surface area contributed by atoms with Crippen LogP contribution in [0.15, 0.2) is 23.7 Å². The second-order valence-electron chi connectivity index (χ2n) is 2.16. The topological polar surface area (TPSA) is 32.3 Å². The van der Waals surface area contributed by atoms with Crippen LogP contribution >= 0.6 is 0 Å². The molecule has 0 aliphatic carbocycles. The monoisotopic (exact) mass is 148 g/mol. The molecule has 0 aromatic rings. The van der Waals surface area contributed by atoms with E-state index in [1.54, 1.807) is 13.0 Å². The molecule has 0 bridgehead atoms. The van der Waals surface area contributed by atoms with Crippen molar-refractivity contribution in [2.24, 2.45) is 0 Å². The molecule has 0 rings (SSSR count). The third-order valence-corrected chi connectivity index (χ3v) is 0.839. The summed E-state index contributed by atoms with van der Waals surface area (Å²) in [6, 6.07) is 0. The van der Waals surface area contributed by atoms with Crippen molar-refractivity contribution in [1.82, 2.24) is 0 Å². The molecule has 0 spiro atoms. The van der Waals surface area contributed by atoms with Gasteiger partial charge in [-0.2, -0.15) is 0 Å².